The molecular formula is C15H10IN3O2. The Morgan fingerprint density at radius 1 is 1.14 bits per heavy atom. The average molecular weight is 391 g/mol. The fourth-order valence-corrected chi connectivity index (χ4v) is 2.40. The Kier molecular flexibility index (Phi) is 3.96. The highest BCUT2D eigenvalue weighted by molar-refractivity contribution is 14.1. The molecule has 0 saturated heterocycles. The Morgan fingerprint density at radius 2 is 2.00 bits per heavy atom. The van der Waals surface area contributed by atoms with Crippen LogP contribution in [0.1, 0.15) is 10.4 Å². The molecule has 21 heavy (non-hydrogen) atoms. The summed E-state index contributed by atoms with van der Waals surface area (Å²) >= 11 is 2.17. The summed E-state index contributed by atoms with van der Waals surface area (Å²) in [7, 11) is 0. The monoisotopic (exact) mass is 391 g/mol. The van der Waals surface area contributed by atoms with Gasteiger partial charge in [0, 0.05) is 20.4 Å². The third kappa shape index (κ3) is 3.27. The molecule has 0 radical (unpaired) electrons. The van der Waals surface area contributed by atoms with Crippen molar-refractivity contribution in [3.05, 3.63) is 64.1 Å². The van der Waals surface area contributed by atoms with E-state index in [1.165, 1.54) is 6.39 Å². The first kappa shape index (κ1) is 13.7. The minimum Gasteiger partial charge on any atom is -0.423 e. The highest BCUT2D eigenvalue weighted by Crippen LogP contribution is 2.21. The zero-order valence-corrected chi connectivity index (χ0v) is 12.9. The van der Waals surface area contributed by atoms with Crippen molar-refractivity contribution in [3.63, 3.8) is 0 Å². The van der Waals surface area contributed by atoms with Gasteiger partial charge in [0.15, 0.2) is 0 Å². The molecule has 3 aromatic rings. The molecular weight excluding hydrogens is 381 g/mol. The molecule has 2 aromatic carbocycles. The molecule has 0 bridgehead atoms. The van der Waals surface area contributed by atoms with Gasteiger partial charge in [-0.05, 0) is 59.0 Å². The molecule has 0 spiro atoms. The number of aromatic nitrogens is 2. The van der Waals surface area contributed by atoms with Crippen LogP contribution in [0.4, 0.5) is 5.69 Å². The number of hydrogen-bond acceptors (Lipinski definition) is 4. The minimum atomic E-state index is -0.156. The van der Waals surface area contributed by atoms with Crippen LogP contribution in [0.25, 0.3) is 11.5 Å². The zero-order valence-electron chi connectivity index (χ0n) is 10.8. The molecule has 0 aliphatic heterocycles. The van der Waals surface area contributed by atoms with Crippen LogP contribution in [0, 0.1) is 3.57 Å². The number of nitrogens with zero attached hydrogens (tertiary/aromatic N) is 2. The SMILES string of the molecule is O=C(Nc1cccc(-c2nnco2)c1)c1cccc(I)c1. The lowest BCUT2D eigenvalue weighted by Gasteiger charge is -2.06. The molecule has 0 aliphatic rings. The molecule has 5 nitrogen and oxygen atoms in total. The molecule has 0 unspecified atom stereocenters. The Bertz CT molecular complexity index is 772. The molecule has 0 atom stereocenters. The first-order chi connectivity index (χ1) is 10.2. The summed E-state index contributed by atoms with van der Waals surface area (Å²) in [5.74, 6) is 0.261. The van der Waals surface area contributed by atoms with Crippen molar-refractivity contribution in [2.24, 2.45) is 0 Å². The van der Waals surface area contributed by atoms with Gasteiger partial charge in [0.05, 0.1) is 0 Å². The normalized spacial score (nSPS) is 10.3. The minimum absolute atomic E-state index is 0.156. The summed E-state index contributed by atoms with van der Waals surface area (Å²) in [4.78, 5) is 12.2. The van der Waals surface area contributed by atoms with E-state index in [2.05, 4.69) is 38.1 Å². The summed E-state index contributed by atoms with van der Waals surface area (Å²) in [5, 5.41) is 10.3. The second kappa shape index (κ2) is 6.04. The Labute approximate surface area is 134 Å². The molecule has 0 fully saturated rings. The fourth-order valence-electron chi connectivity index (χ4n) is 1.86. The van der Waals surface area contributed by atoms with Crippen LogP contribution in [-0.4, -0.2) is 16.1 Å². The van der Waals surface area contributed by atoms with Crippen LogP contribution in [0.15, 0.2) is 59.3 Å². The van der Waals surface area contributed by atoms with Crippen molar-refractivity contribution in [1.29, 1.82) is 0 Å². The molecule has 0 saturated carbocycles. The molecule has 1 amide bonds. The molecule has 1 heterocycles. The average Bonchev–Trinajstić information content (AvgIpc) is 3.02. The lowest BCUT2D eigenvalue weighted by molar-refractivity contribution is 0.102. The molecule has 104 valence electrons. The van der Waals surface area contributed by atoms with Gasteiger partial charge in [-0.1, -0.05) is 12.1 Å². The Morgan fingerprint density at radius 3 is 2.76 bits per heavy atom. The number of nitrogens with one attached hydrogen (secondary N) is 1. The van der Waals surface area contributed by atoms with E-state index in [0.717, 1.165) is 9.13 Å². The number of carbonyl (C=O) groups excluding carboxylic acids is 1. The molecule has 0 aliphatic carbocycles. The van der Waals surface area contributed by atoms with Gasteiger partial charge in [0.25, 0.3) is 5.91 Å². The largest absolute Gasteiger partial charge is 0.423 e. The van der Waals surface area contributed by atoms with E-state index in [1.807, 2.05) is 36.4 Å². The lowest BCUT2D eigenvalue weighted by Crippen LogP contribution is -2.11. The van der Waals surface area contributed by atoms with Crippen LogP contribution in [0.3, 0.4) is 0 Å². The van der Waals surface area contributed by atoms with Gasteiger partial charge in [0.1, 0.15) is 0 Å². The molecule has 1 aromatic heterocycles. The van der Waals surface area contributed by atoms with E-state index in [1.54, 1.807) is 12.1 Å². The van der Waals surface area contributed by atoms with Gasteiger partial charge in [-0.3, -0.25) is 4.79 Å². The maximum Gasteiger partial charge on any atom is 0.255 e. The predicted octanol–water partition coefficient (Wildman–Crippen LogP) is 3.59. The van der Waals surface area contributed by atoms with Crippen molar-refractivity contribution in [2.45, 2.75) is 0 Å². The predicted molar refractivity (Wildman–Crippen MR) is 86.8 cm³/mol. The van der Waals surface area contributed by atoms with Crippen molar-refractivity contribution in [2.75, 3.05) is 5.32 Å². The van der Waals surface area contributed by atoms with Gasteiger partial charge >= 0.3 is 0 Å². The standard InChI is InChI=1S/C15H10IN3O2/c16-12-5-1-3-10(7-12)14(20)18-13-6-2-4-11(8-13)15-19-17-9-21-15/h1-9H,(H,18,20). The smallest absolute Gasteiger partial charge is 0.255 e. The van der Waals surface area contributed by atoms with Crippen molar-refractivity contribution >= 4 is 34.2 Å². The van der Waals surface area contributed by atoms with E-state index in [0.29, 0.717) is 17.1 Å². The van der Waals surface area contributed by atoms with Gasteiger partial charge in [-0.25, -0.2) is 0 Å². The van der Waals surface area contributed by atoms with Crippen LogP contribution in [0.5, 0.6) is 0 Å². The maximum atomic E-state index is 12.2. The third-order valence-electron chi connectivity index (χ3n) is 2.81. The molecule has 3 rings (SSSR count). The number of anilines is 1. The summed E-state index contributed by atoms with van der Waals surface area (Å²) in [5.41, 5.74) is 2.05. The lowest BCUT2D eigenvalue weighted by atomic mass is 10.1. The number of carbonyl (C=O) groups is 1. The second-order valence-corrected chi connectivity index (χ2v) is 5.53. The third-order valence-corrected chi connectivity index (χ3v) is 3.49. The topological polar surface area (TPSA) is 68.0 Å². The van der Waals surface area contributed by atoms with Crippen LogP contribution in [0.2, 0.25) is 0 Å². The van der Waals surface area contributed by atoms with Crippen molar-refractivity contribution in [3.8, 4) is 11.5 Å². The maximum absolute atomic E-state index is 12.2. The molecule has 1 N–H and O–H groups in total. The van der Waals surface area contributed by atoms with E-state index in [-0.39, 0.29) is 5.91 Å². The highest BCUT2D eigenvalue weighted by atomic mass is 127. The van der Waals surface area contributed by atoms with E-state index >= 15 is 0 Å². The second-order valence-electron chi connectivity index (χ2n) is 4.29. The summed E-state index contributed by atoms with van der Waals surface area (Å²) in [6.45, 7) is 0. The number of amides is 1. The van der Waals surface area contributed by atoms with Crippen LogP contribution < -0.4 is 5.32 Å². The van der Waals surface area contributed by atoms with Gasteiger partial charge < -0.3 is 9.73 Å². The number of rotatable bonds is 3. The van der Waals surface area contributed by atoms with Gasteiger partial charge in [-0.15, -0.1) is 10.2 Å². The molecule has 6 heteroatoms. The summed E-state index contributed by atoms with van der Waals surface area (Å²) in [6, 6.07) is 14.7. The zero-order chi connectivity index (χ0) is 14.7. The van der Waals surface area contributed by atoms with Crippen molar-refractivity contribution in [1.82, 2.24) is 10.2 Å². The fraction of sp³-hybridized carbons (Fsp3) is 0. The highest BCUT2D eigenvalue weighted by Gasteiger charge is 2.08. The number of benzene rings is 2. The van der Waals surface area contributed by atoms with Crippen LogP contribution in [-0.2, 0) is 0 Å². The van der Waals surface area contributed by atoms with Crippen molar-refractivity contribution < 1.29 is 9.21 Å². The number of halogens is 1. The Balaban J connectivity index is 1.82. The van der Waals surface area contributed by atoms with E-state index in [4.69, 9.17) is 4.42 Å². The van der Waals surface area contributed by atoms with E-state index in [9.17, 15) is 4.79 Å². The van der Waals surface area contributed by atoms with Gasteiger partial charge in [0.2, 0.25) is 12.3 Å². The van der Waals surface area contributed by atoms with Crippen LogP contribution >= 0.6 is 22.6 Å². The first-order valence-electron chi connectivity index (χ1n) is 6.16. The quantitative estimate of drug-likeness (QED) is 0.693. The first-order valence-corrected chi connectivity index (χ1v) is 7.24. The number of hydrogen-bond donors (Lipinski definition) is 1. The Hall–Kier alpha value is -2.22. The van der Waals surface area contributed by atoms with Gasteiger partial charge in [-0.2, -0.15) is 0 Å². The summed E-state index contributed by atoms with van der Waals surface area (Å²) < 4.78 is 6.16. The van der Waals surface area contributed by atoms with E-state index < -0.39 is 0 Å². The summed E-state index contributed by atoms with van der Waals surface area (Å²) in [6.07, 6.45) is 1.27.